The van der Waals surface area contributed by atoms with Crippen LogP contribution in [-0.2, 0) is 0 Å². The highest BCUT2D eigenvalue weighted by Crippen LogP contribution is 2.38. The fourth-order valence-electron chi connectivity index (χ4n) is 3.24. The molecule has 1 aliphatic rings. The summed E-state index contributed by atoms with van der Waals surface area (Å²) < 4.78 is 5.80. The molecule has 1 aromatic heterocycles. The topological polar surface area (TPSA) is 34.1 Å². The molecule has 1 N–H and O–H groups in total. The van der Waals surface area contributed by atoms with E-state index in [0.717, 1.165) is 39.9 Å². The lowest BCUT2D eigenvalue weighted by atomic mass is 9.97. The van der Waals surface area contributed by atoms with Crippen molar-refractivity contribution >= 4 is 16.5 Å². The van der Waals surface area contributed by atoms with Crippen LogP contribution in [0.5, 0.6) is 5.75 Å². The molecule has 0 spiro atoms. The number of benzene rings is 2. The van der Waals surface area contributed by atoms with Gasteiger partial charge in [-0.1, -0.05) is 48.0 Å². The third-order valence-corrected chi connectivity index (χ3v) is 4.55. The number of aryl methyl sites for hydroxylation is 1. The summed E-state index contributed by atoms with van der Waals surface area (Å²) in [5, 5.41) is 4.22. The van der Waals surface area contributed by atoms with Gasteiger partial charge in [0.1, 0.15) is 5.75 Å². The second-order valence-electron chi connectivity index (χ2n) is 6.17. The maximum absolute atomic E-state index is 5.80. The van der Waals surface area contributed by atoms with E-state index in [4.69, 9.17) is 9.72 Å². The average molecular weight is 328 g/mol. The van der Waals surface area contributed by atoms with Crippen molar-refractivity contribution in [2.24, 2.45) is 0 Å². The first kappa shape index (κ1) is 15.5. The van der Waals surface area contributed by atoms with Crippen molar-refractivity contribution < 1.29 is 4.74 Å². The van der Waals surface area contributed by atoms with Crippen LogP contribution in [0.2, 0.25) is 0 Å². The SMILES string of the molecule is COc1c(-c2ccc(C)cc2)cnc2c(C3=CCNC=C3)cccc12. The molecule has 1 aliphatic heterocycles. The maximum atomic E-state index is 5.80. The molecule has 0 atom stereocenters. The zero-order valence-corrected chi connectivity index (χ0v) is 14.4. The van der Waals surface area contributed by atoms with Crippen LogP contribution in [-0.4, -0.2) is 18.6 Å². The Morgan fingerprint density at radius 3 is 2.60 bits per heavy atom. The van der Waals surface area contributed by atoms with Gasteiger partial charge in [-0.3, -0.25) is 4.98 Å². The number of allylic oxidation sites excluding steroid dienone is 2. The van der Waals surface area contributed by atoms with E-state index in [-0.39, 0.29) is 0 Å². The minimum absolute atomic E-state index is 0.834. The third-order valence-electron chi connectivity index (χ3n) is 4.55. The lowest BCUT2D eigenvalue weighted by molar-refractivity contribution is 0.421. The molecule has 0 unspecified atom stereocenters. The Kier molecular flexibility index (Phi) is 3.98. The van der Waals surface area contributed by atoms with Gasteiger partial charge >= 0.3 is 0 Å². The number of nitrogens with one attached hydrogen (secondary N) is 1. The van der Waals surface area contributed by atoms with E-state index in [0.29, 0.717) is 0 Å². The summed E-state index contributed by atoms with van der Waals surface area (Å²) in [7, 11) is 1.73. The first-order chi connectivity index (χ1) is 12.3. The zero-order chi connectivity index (χ0) is 17.2. The van der Waals surface area contributed by atoms with Crippen molar-refractivity contribution in [2.45, 2.75) is 6.92 Å². The van der Waals surface area contributed by atoms with E-state index in [2.05, 4.69) is 66.9 Å². The number of hydrogen-bond acceptors (Lipinski definition) is 3. The molecule has 2 aromatic carbocycles. The Morgan fingerprint density at radius 2 is 1.88 bits per heavy atom. The molecular weight excluding hydrogens is 308 g/mol. The number of pyridine rings is 1. The number of nitrogens with zero attached hydrogens (tertiary/aromatic N) is 1. The van der Waals surface area contributed by atoms with E-state index in [1.807, 2.05) is 12.4 Å². The number of dihydropyridines is 1. The van der Waals surface area contributed by atoms with E-state index >= 15 is 0 Å². The minimum atomic E-state index is 0.834. The molecule has 0 radical (unpaired) electrons. The van der Waals surface area contributed by atoms with Crippen molar-refractivity contribution in [3.63, 3.8) is 0 Å². The molecule has 3 nitrogen and oxygen atoms in total. The number of hydrogen-bond donors (Lipinski definition) is 1. The maximum Gasteiger partial charge on any atom is 0.137 e. The van der Waals surface area contributed by atoms with Gasteiger partial charge in [0, 0.05) is 29.3 Å². The van der Waals surface area contributed by atoms with Crippen LogP contribution in [0.4, 0.5) is 0 Å². The molecule has 25 heavy (non-hydrogen) atoms. The fraction of sp³-hybridized carbons (Fsp3) is 0.136. The second kappa shape index (κ2) is 6.44. The van der Waals surface area contributed by atoms with Crippen LogP contribution >= 0.6 is 0 Å². The summed E-state index contributed by atoms with van der Waals surface area (Å²) >= 11 is 0. The quantitative estimate of drug-likeness (QED) is 0.755. The molecule has 0 amide bonds. The Bertz CT molecular complexity index is 985. The zero-order valence-electron chi connectivity index (χ0n) is 14.4. The molecule has 124 valence electrons. The lowest BCUT2D eigenvalue weighted by Crippen LogP contribution is -2.08. The molecule has 4 rings (SSSR count). The number of methoxy groups -OCH3 is 1. The molecule has 0 fully saturated rings. The van der Waals surface area contributed by atoms with Gasteiger partial charge in [0.05, 0.1) is 12.6 Å². The minimum Gasteiger partial charge on any atom is -0.495 e. The highest BCUT2D eigenvalue weighted by Gasteiger charge is 2.15. The van der Waals surface area contributed by atoms with E-state index in [9.17, 15) is 0 Å². The molecular formula is C22H20N2O. The summed E-state index contributed by atoms with van der Waals surface area (Å²) in [4.78, 5) is 4.79. The Morgan fingerprint density at radius 1 is 1.04 bits per heavy atom. The van der Waals surface area contributed by atoms with Gasteiger partial charge in [0.2, 0.25) is 0 Å². The van der Waals surface area contributed by atoms with Gasteiger partial charge in [-0.2, -0.15) is 0 Å². The van der Waals surface area contributed by atoms with Crippen molar-refractivity contribution in [3.8, 4) is 16.9 Å². The summed E-state index contributed by atoms with van der Waals surface area (Å²) in [6, 6.07) is 14.7. The lowest BCUT2D eigenvalue weighted by Gasteiger charge is -2.15. The Balaban J connectivity index is 1.93. The monoisotopic (exact) mass is 328 g/mol. The van der Waals surface area contributed by atoms with Crippen LogP contribution in [0.1, 0.15) is 11.1 Å². The van der Waals surface area contributed by atoms with E-state index in [1.54, 1.807) is 7.11 Å². The number of ether oxygens (including phenoxy) is 1. The highest BCUT2D eigenvalue weighted by molar-refractivity contribution is 5.99. The number of rotatable bonds is 3. The fourth-order valence-corrected chi connectivity index (χ4v) is 3.24. The largest absolute Gasteiger partial charge is 0.495 e. The second-order valence-corrected chi connectivity index (χ2v) is 6.17. The summed E-state index contributed by atoms with van der Waals surface area (Å²) in [5.41, 5.74) is 6.65. The van der Waals surface area contributed by atoms with Crippen molar-refractivity contribution in [1.29, 1.82) is 0 Å². The average Bonchev–Trinajstić information content (AvgIpc) is 2.68. The van der Waals surface area contributed by atoms with Crippen molar-refractivity contribution in [3.05, 3.63) is 78.1 Å². The van der Waals surface area contributed by atoms with Crippen molar-refractivity contribution in [1.82, 2.24) is 10.3 Å². The first-order valence-electron chi connectivity index (χ1n) is 8.41. The van der Waals surface area contributed by atoms with Gasteiger partial charge in [-0.15, -0.1) is 0 Å². The van der Waals surface area contributed by atoms with Gasteiger partial charge in [-0.05, 0) is 36.4 Å². The van der Waals surface area contributed by atoms with Crippen LogP contribution in [0.15, 0.2) is 67.0 Å². The first-order valence-corrected chi connectivity index (χ1v) is 8.41. The van der Waals surface area contributed by atoms with Gasteiger partial charge in [0.25, 0.3) is 0 Å². The molecule has 2 heterocycles. The molecule has 3 aromatic rings. The predicted octanol–water partition coefficient (Wildman–Crippen LogP) is 4.72. The van der Waals surface area contributed by atoms with Gasteiger partial charge in [-0.25, -0.2) is 0 Å². The number of fused-ring (bicyclic) bond motifs is 1. The highest BCUT2D eigenvalue weighted by atomic mass is 16.5. The van der Waals surface area contributed by atoms with Crippen LogP contribution in [0.25, 0.3) is 27.6 Å². The molecule has 0 aliphatic carbocycles. The van der Waals surface area contributed by atoms with Crippen LogP contribution < -0.4 is 10.1 Å². The van der Waals surface area contributed by atoms with Crippen LogP contribution in [0.3, 0.4) is 0 Å². The Hall–Kier alpha value is -3.07. The van der Waals surface area contributed by atoms with Crippen LogP contribution in [0, 0.1) is 6.92 Å². The Labute approximate surface area is 147 Å². The predicted molar refractivity (Wildman–Crippen MR) is 104 cm³/mol. The summed E-state index contributed by atoms with van der Waals surface area (Å²) in [6.07, 6.45) is 8.16. The van der Waals surface area contributed by atoms with Gasteiger partial charge in [0.15, 0.2) is 0 Å². The van der Waals surface area contributed by atoms with Crippen molar-refractivity contribution in [2.75, 3.05) is 13.7 Å². The molecule has 0 saturated heterocycles. The normalized spacial score (nSPS) is 13.4. The molecule has 3 heteroatoms. The number of aromatic nitrogens is 1. The van der Waals surface area contributed by atoms with Gasteiger partial charge < -0.3 is 10.1 Å². The summed E-state index contributed by atoms with van der Waals surface area (Å²) in [5.74, 6) is 0.870. The molecule has 0 bridgehead atoms. The standard InChI is InChI=1S/C22H20N2O/c1-15-6-8-16(9-7-15)20-14-24-21-18(17-10-12-23-13-11-17)4-3-5-19(21)22(20)25-2/h3-12,14,23H,13H2,1-2H3. The smallest absolute Gasteiger partial charge is 0.137 e. The third kappa shape index (κ3) is 2.78. The van der Waals surface area contributed by atoms with E-state index in [1.165, 1.54) is 11.1 Å². The molecule has 0 saturated carbocycles. The number of para-hydroxylation sites is 1. The summed E-state index contributed by atoms with van der Waals surface area (Å²) in [6.45, 7) is 2.92. The van der Waals surface area contributed by atoms with E-state index < -0.39 is 0 Å².